The van der Waals surface area contributed by atoms with E-state index >= 15 is 0 Å². The molecule has 0 spiro atoms. The van der Waals surface area contributed by atoms with Gasteiger partial charge in [-0.1, -0.05) is 59.9 Å². The van der Waals surface area contributed by atoms with E-state index in [0.29, 0.717) is 0 Å². The third kappa shape index (κ3) is 10.1. The van der Waals surface area contributed by atoms with Crippen LogP contribution < -0.4 is 5.32 Å². The zero-order valence-corrected chi connectivity index (χ0v) is 19.3. The molecule has 0 bridgehead atoms. The third-order valence-corrected chi connectivity index (χ3v) is 3.88. The fourth-order valence-corrected chi connectivity index (χ4v) is 1.41. The van der Waals surface area contributed by atoms with Crippen molar-refractivity contribution in [1.29, 1.82) is 0 Å². The van der Waals surface area contributed by atoms with Crippen LogP contribution in [0.5, 0.6) is 0 Å². The van der Waals surface area contributed by atoms with Gasteiger partial charge in [0.05, 0.1) is 0 Å². The fourth-order valence-electron chi connectivity index (χ4n) is 1.41. The van der Waals surface area contributed by atoms with Crippen LogP contribution in [0.4, 0.5) is 0 Å². The van der Waals surface area contributed by atoms with Gasteiger partial charge in [-0.2, -0.15) is 13.8 Å². The Morgan fingerprint density at radius 2 is 1.45 bits per heavy atom. The molecule has 122 valence electrons. The summed E-state index contributed by atoms with van der Waals surface area (Å²) < 4.78 is 4.97. The molecule has 0 fully saturated rings. The SMILES string of the molecule is C.C.C[C-]1CN[C+]=CC1(C)C.C[C-]1CO[C+]=CC1(C)C.[Y].[Y]. The topological polar surface area (TPSA) is 21.3 Å². The number of hydrogen-bond acceptors (Lipinski definition) is 2. The van der Waals surface area contributed by atoms with Gasteiger partial charge in [0.25, 0.3) is 0 Å². The van der Waals surface area contributed by atoms with Gasteiger partial charge in [0, 0.05) is 72.0 Å². The Labute approximate surface area is 190 Å². The van der Waals surface area contributed by atoms with Crippen LogP contribution in [-0.2, 0) is 70.2 Å². The van der Waals surface area contributed by atoms with Crippen molar-refractivity contribution in [2.45, 2.75) is 56.4 Å². The van der Waals surface area contributed by atoms with Crippen molar-refractivity contribution in [3.05, 3.63) is 36.4 Å². The molecule has 0 aromatic carbocycles. The molecule has 0 saturated carbocycles. The molecule has 2 aliphatic heterocycles. The second-order valence-corrected chi connectivity index (χ2v) is 6.20. The average Bonchev–Trinajstić information content (AvgIpc) is 2.28. The number of hydrogen-bond donors (Lipinski definition) is 1. The molecule has 22 heavy (non-hydrogen) atoms. The van der Waals surface area contributed by atoms with Gasteiger partial charge in [-0.15, -0.1) is 0 Å². The van der Waals surface area contributed by atoms with E-state index in [2.05, 4.69) is 65.4 Å². The molecule has 0 amide bonds. The molecular weight excluding hydrogens is 424 g/mol. The molecular formula is C18H33NOY2. The van der Waals surface area contributed by atoms with Gasteiger partial charge in [-0.3, -0.25) is 11.8 Å². The molecule has 0 unspecified atom stereocenters. The first kappa shape index (κ1) is 30.9. The van der Waals surface area contributed by atoms with Gasteiger partial charge < -0.3 is 4.74 Å². The molecule has 4 heteroatoms. The van der Waals surface area contributed by atoms with Crippen molar-refractivity contribution in [2.75, 3.05) is 13.2 Å². The van der Waals surface area contributed by atoms with E-state index in [0.717, 1.165) is 13.2 Å². The fraction of sp³-hybridized carbons (Fsp3) is 0.667. The molecule has 0 saturated heterocycles. The van der Waals surface area contributed by atoms with E-state index < -0.39 is 0 Å². The number of rotatable bonds is 0. The minimum atomic E-state index is 0. The first-order chi connectivity index (χ1) is 8.26. The van der Waals surface area contributed by atoms with Crippen LogP contribution in [-0.4, -0.2) is 13.2 Å². The van der Waals surface area contributed by atoms with Crippen molar-refractivity contribution in [2.24, 2.45) is 10.8 Å². The second-order valence-electron chi connectivity index (χ2n) is 6.20. The summed E-state index contributed by atoms with van der Waals surface area (Å²) in [5.74, 6) is 2.84. The van der Waals surface area contributed by atoms with Gasteiger partial charge in [0.1, 0.15) is 0 Å². The largest absolute Gasteiger partial charge is 0.474 e. The molecule has 2 heterocycles. The summed E-state index contributed by atoms with van der Waals surface area (Å²) in [6, 6.07) is 0. The van der Waals surface area contributed by atoms with Crippen LogP contribution in [0.25, 0.3) is 0 Å². The molecule has 2 rings (SSSR count). The average molecular weight is 457 g/mol. The third-order valence-electron chi connectivity index (χ3n) is 3.88. The maximum atomic E-state index is 4.97. The maximum absolute atomic E-state index is 4.97. The summed E-state index contributed by atoms with van der Waals surface area (Å²) in [5.41, 5.74) is 0.448. The summed E-state index contributed by atoms with van der Waals surface area (Å²) in [7, 11) is 0. The zero-order valence-electron chi connectivity index (χ0n) is 13.6. The van der Waals surface area contributed by atoms with E-state index in [-0.39, 0.29) is 91.1 Å². The standard InChI is InChI=1S/C8H13N.C8H12O.2CH4.2Y/c2*1-7-6-9-5-4-8(7,2)3;;;;/h4,9H,6H2,1-3H3;4H,6H2,1-3H3;2*1H4;;. The van der Waals surface area contributed by atoms with Crippen LogP contribution in [0.3, 0.4) is 0 Å². The van der Waals surface area contributed by atoms with Crippen LogP contribution in [0, 0.1) is 35.1 Å². The molecule has 2 aliphatic rings. The smallest absolute Gasteiger partial charge is 0.301 e. The van der Waals surface area contributed by atoms with Crippen molar-refractivity contribution in [3.8, 4) is 0 Å². The van der Waals surface area contributed by atoms with Gasteiger partial charge in [-0.05, 0) is 0 Å². The van der Waals surface area contributed by atoms with Gasteiger partial charge >= 0.3 is 12.5 Å². The minimum absolute atomic E-state index is 0. The Hall–Kier alpha value is 1.11. The van der Waals surface area contributed by atoms with Crippen LogP contribution in [0.2, 0.25) is 0 Å². The van der Waals surface area contributed by atoms with Crippen LogP contribution in [0.15, 0.2) is 12.2 Å². The van der Waals surface area contributed by atoms with Gasteiger partial charge in [0.15, 0.2) is 12.2 Å². The normalized spacial score (nSPS) is 20.3. The molecule has 0 atom stereocenters. The first-order valence-electron chi connectivity index (χ1n) is 6.46. The Kier molecular flexibility index (Phi) is 18.8. The Balaban J connectivity index is -0.000000125. The number of allylic oxidation sites excluding steroid dienone is 2. The van der Waals surface area contributed by atoms with Crippen molar-refractivity contribution in [1.82, 2.24) is 5.32 Å². The summed E-state index contributed by atoms with van der Waals surface area (Å²) >= 11 is 0. The zero-order chi connectivity index (χ0) is 13.8. The Morgan fingerprint density at radius 1 is 0.955 bits per heavy atom. The predicted octanol–water partition coefficient (Wildman–Crippen LogP) is 4.75. The first-order valence-corrected chi connectivity index (χ1v) is 6.46. The number of ether oxygens (including phenoxy) is 1. The summed E-state index contributed by atoms with van der Waals surface area (Å²) in [6.45, 7) is 14.7. The van der Waals surface area contributed by atoms with E-state index in [1.54, 1.807) is 0 Å². The maximum Gasteiger partial charge on any atom is 0.474 e. The number of nitrogens with one attached hydrogen (secondary N) is 1. The van der Waals surface area contributed by atoms with E-state index in [1.165, 1.54) is 11.8 Å². The van der Waals surface area contributed by atoms with Crippen LogP contribution in [0.1, 0.15) is 56.4 Å². The van der Waals surface area contributed by atoms with E-state index in [4.69, 9.17) is 4.74 Å². The molecule has 2 nitrogen and oxygen atoms in total. The minimum Gasteiger partial charge on any atom is -0.301 e. The summed E-state index contributed by atoms with van der Waals surface area (Å²) in [4.78, 5) is 0. The van der Waals surface area contributed by atoms with E-state index in [1.807, 2.05) is 6.08 Å². The molecule has 0 aliphatic carbocycles. The molecule has 0 aromatic rings. The van der Waals surface area contributed by atoms with E-state index in [9.17, 15) is 0 Å². The van der Waals surface area contributed by atoms with Crippen molar-refractivity contribution < 1.29 is 70.2 Å². The quantitative estimate of drug-likeness (QED) is 0.531. The predicted molar refractivity (Wildman–Crippen MR) is 88.4 cm³/mol. The van der Waals surface area contributed by atoms with Gasteiger partial charge in [-0.25, -0.2) is 5.32 Å². The molecule has 2 radical (unpaired) electrons. The van der Waals surface area contributed by atoms with Crippen molar-refractivity contribution >= 4 is 0 Å². The second kappa shape index (κ2) is 13.4. The van der Waals surface area contributed by atoms with Crippen LogP contribution >= 0.6 is 0 Å². The molecule has 1 N–H and O–H groups in total. The monoisotopic (exact) mass is 457 g/mol. The summed E-state index contributed by atoms with van der Waals surface area (Å²) in [6.07, 6.45) is 9.81. The van der Waals surface area contributed by atoms with Crippen molar-refractivity contribution in [3.63, 3.8) is 0 Å². The molecule has 0 aromatic heterocycles. The summed E-state index contributed by atoms with van der Waals surface area (Å²) in [5, 5.41) is 3.05. The van der Waals surface area contributed by atoms with Gasteiger partial charge in [0.2, 0.25) is 0 Å². The Bertz CT molecular complexity index is 293. The Morgan fingerprint density at radius 3 is 1.73 bits per heavy atom.